The van der Waals surface area contributed by atoms with Crippen molar-refractivity contribution in [3.8, 4) is 0 Å². The number of aromatic amines is 2. The van der Waals surface area contributed by atoms with Gasteiger partial charge in [-0.3, -0.25) is 19.4 Å². The number of H-pyrrole nitrogens is 2. The van der Waals surface area contributed by atoms with Gasteiger partial charge in [-0.2, -0.15) is 5.10 Å². The molecule has 2 saturated heterocycles. The summed E-state index contributed by atoms with van der Waals surface area (Å²) in [4.78, 5) is 49.9. The van der Waals surface area contributed by atoms with Gasteiger partial charge in [0, 0.05) is 56.2 Å². The highest BCUT2D eigenvalue weighted by molar-refractivity contribution is 5.87. The maximum absolute atomic E-state index is 13.4. The van der Waals surface area contributed by atoms with Crippen LogP contribution in [0.2, 0.25) is 0 Å². The van der Waals surface area contributed by atoms with E-state index in [0.717, 1.165) is 24.2 Å². The number of imidazole rings is 1. The predicted octanol–water partition coefficient (Wildman–Crippen LogP) is 1.98. The van der Waals surface area contributed by atoms with Gasteiger partial charge in [-0.05, 0) is 62.6 Å². The molecule has 0 unspecified atom stereocenters. The first-order valence-electron chi connectivity index (χ1n) is 13.0. The maximum atomic E-state index is 13.4. The monoisotopic (exact) mass is 492 g/mol. The van der Waals surface area contributed by atoms with Crippen LogP contribution in [-0.2, 0) is 4.79 Å². The van der Waals surface area contributed by atoms with Crippen LogP contribution in [0.3, 0.4) is 0 Å². The maximum Gasteiger partial charge on any atom is 0.327 e. The van der Waals surface area contributed by atoms with Crippen LogP contribution in [0.1, 0.15) is 56.2 Å². The molecule has 0 radical (unpaired) electrons. The van der Waals surface area contributed by atoms with Gasteiger partial charge >= 0.3 is 11.7 Å². The molecule has 6 rings (SSSR count). The van der Waals surface area contributed by atoms with Crippen molar-refractivity contribution in [3.63, 3.8) is 0 Å². The van der Waals surface area contributed by atoms with Crippen LogP contribution in [0.5, 0.6) is 0 Å². The number of hydrogen-bond acceptors (Lipinski definition) is 5. The molecule has 0 bridgehead atoms. The number of nitrogens with zero attached hydrogens (tertiary/aromatic N) is 5. The molecule has 3 amide bonds. The van der Waals surface area contributed by atoms with E-state index in [4.69, 9.17) is 0 Å². The fraction of sp³-hybridized carbons (Fsp3) is 0.560. The molecular weight excluding hydrogens is 460 g/mol. The van der Waals surface area contributed by atoms with Crippen LogP contribution in [0, 0.1) is 5.92 Å². The van der Waals surface area contributed by atoms with Crippen LogP contribution >= 0.6 is 0 Å². The summed E-state index contributed by atoms with van der Waals surface area (Å²) in [6, 6.07) is 4.96. The number of piperidine rings is 1. The summed E-state index contributed by atoms with van der Waals surface area (Å²) in [5.74, 6) is 0.787. The van der Waals surface area contributed by atoms with E-state index in [1.807, 2.05) is 23.1 Å². The summed E-state index contributed by atoms with van der Waals surface area (Å²) in [6.45, 7) is 2.47. The molecular formula is C25H32N8O3. The summed E-state index contributed by atoms with van der Waals surface area (Å²) in [5.41, 5.74) is 2.24. The van der Waals surface area contributed by atoms with Crippen LogP contribution < -0.4 is 11.0 Å². The zero-order valence-corrected chi connectivity index (χ0v) is 20.2. The Kier molecular flexibility index (Phi) is 5.98. The molecule has 11 nitrogen and oxygen atoms in total. The van der Waals surface area contributed by atoms with Crippen molar-refractivity contribution in [2.45, 2.75) is 56.5 Å². The molecule has 11 heteroatoms. The van der Waals surface area contributed by atoms with E-state index in [1.165, 1.54) is 12.8 Å². The molecule has 0 spiro atoms. The zero-order valence-electron chi connectivity index (χ0n) is 20.2. The number of likely N-dealkylation sites (tertiary alicyclic amines) is 2. The van der Waals surface area contributed by atoms with Crippen molar-refractivity contribution in [1.82, 2.24) is 39.8 Å². The number of aromatic nitrogens is 5. The molecule has 1 saturated carbocycles. The van der Waals surface area contributed by atoms with Crippen molar-refractivity contribution in [3.05, 3.63) is 46.8 Å². The molecule has 2 aliphatic heterocycles. The minimum atomic E-state index is -0.524. The summed E-state index contributed by atoms with van der Waals surface area (Å²) in [5, 5.41) is 10.2. The quantitative estimate of drug-likeness (QED) is 0.501. The van der Waals surface area contributed by atoms with Crippen molar-refractivity contribution in [2.24, 2.45) is 5.92 Å². The van der Waals surface area contributed by atoms with Crippen molar-refractivity contribution < 1.29 is 9.59 Å². The Balaban J connectivity index is 1.10. The molecule has 1 aliphatic carbocycles. The number of nitrogens with one attached hydrogen (secondary N) is 3. The lowest BCUT2D eigenvalue weighted by molar-refractivity contribution is -0.133. The van der Waals surface area contributed by atoms with Gasteiger partial charge in [0.1, 0.15) is 6.04 Å². The van der Waals surface area contributed by atoms with E-state index in [2.05, 4.69) is 25.5 Å². The minimum Gasteiger partial charge on any atom is -0.340 e. The van der Waals surface area contributed by atoms with E-state index in [-0.39, 0.29) is 29.6 Å². The van der Waals surface area contributed by atoms with E-state index in [1.54, 1.807) is 21.9 Å². The highest BCUT2D eigenvalue weighted by Gasteiger charge is 2.37. The molecule has 36 heavy (non-hydrogen) atoms. The lowest BCUT2D eigenvalue weighted by Gasteiger charge is -2.34. The summed E-state index contributed by atoms with van der Waals surface area (Å²) < 4.78 is 1.76. The largest absolute Gasteiger partial charge is 0.340 e. The molecule has 3 aromatic heterocycles. The van der Waals surface area contributed by atoms with E-state index in [0.29, 0.717) is 50.5 Å². The van der Waals surface area contributed by atoms with Crippen LogP contribution in [0.15, 0.2) is 35.4 Å². The summed E-state index contributed by atoms with van der Waals surface area (Å²) in [6.07, 6.45) is 8.49. The smallest absolute Gasteiger partial charge is 0.327 e. The van der Waals surface area contributed by atoms with Gasteiger partial charge in [0.15, 0.2) is 5.65 Å². The number of carbonyl (C=O) groups excluding carboxylic acids is 2. The summed E-state index contributed by atoms with van der Waals surface area (Å²) >= 11 is 0. The normalized spacial score (nSPS) is 23.7. The first kappa shape index (κ1) is 22.8. The molecule has 3 fully saturated rings. The number of amides is 3. The fourth-order valence-corrected chi connectivity index (χ4v) is 5.71. The Morgan fingerprint density at radius 2 is 1.89 bits per heavy atom. The second-order valence-corrected chi connectivity index (χ2v) is 10.4. The van der Waals surface area contributed by atoms with Crippen molar-refractivity contribution in [2.75, 3.05) is 26.2 Å². The molecule has 3 aliphatic rings. The van der Waals surface area contributed by atoms with Crippen LogP contribution in [0.25, 0.3) is 11.2 Å². The number of fused-ring (bicyclic) bond motifs is 1. The van der Waals surface area contributed by atoms with E-state index < -0.39 is 6.04 Å². The van der Waals surface area contributed by atoms with Gasteiger partial charge in [0.2, 0.25) is 5.91 Å². The third kappa shape index (κ3) is 4.49. The SMILES string of the molecule is O=C(N[C@@H]1CC[C@H](c2ccn[nH]2)CN(CC2CC2)C1=O)N1CCC(n2c(=O)[nH]c3ncccc32)CC1. The topological polar surface area (TPSA) is 132 Å². The molecule has 5 heterocycles. The molecule has 2 atom stereocenters. The second kappa shape index (κ2) is 9.44. The van der Waals surface area contributed by atoms with Gasteiger partial charge in [0.05, 0.1) is 5.52 Å². The van der Waals surface area contributed by atoms with Gasteiger partial charge in [-0.15, -0.1) is 0 Å². The highest BCUT2D eigenvalue weighted by atomic mass is 16.2. The van der Waals surface area contributed by atoms with Crippen molar-refractivity contribution >= 4 is 23.1 Å². The number of hydrogen-bond donors (Lipinski definition) is 3. The Morgan fingerprint density at radius 1 is 1.06 bits per heavy atom. The lowest BCUT2D eigenvalue weighted by Crippen LogP contribution is -2.53. The number of rotatable bonds is 5. The van der Waals surface area contributed by atoms with Crippen molar-refractivity contribution in [1.29, 1.82) is 0 Å². The molecule has 3 aromatic rings. The predicted molar refractivity (Wildman–Crippen MR) is 132 cm³/mol. The Hall–Kier alpha value is -3.63. The van der Waals surface area contributed by atoms with E-state index >= 15 is 0 Å². The fourth-order valence-electron chi connectivity index (χ4n) is 5.71. The van der Waals surface area contributed by atoms with Crippen LogP contribution in [-0.4, -0.2) is 78.7 Å². The van der Waals surface area contributed by atoms with Gasteiger partial charge in [0.25, 0.3) is 0 Å². The minimum absolute atomic E-state index is 0.00297. The van der Waals surface area contributed by atoms with Gasteiger partial charge < -0.3 is 15.1 Å². The first-order valence-corrected chi connectivity index (χ1v) is 13.0. The second-order valence-electron chi connectivity index (χ2n) is 10.4. The standard InChI is InChI=1S/C25H32N8O3/c34-23-20(6-5-17(19-7-11-27-30-19)15-32(23)14-16-3-4-16)28-24(35)31-12-8-18(9-13-31)33-21-2-1-10-26-22(21)29-25(33)36/h1-2,7,10-11,16-18,20H,3-6,8-9,12-15H2,(H,27,30)(H,28,35)(H,26,29,36)/t17-,20+/m0/s1. The summed E-state index contributed by atoms with van der Waals surface area (Å²) in [7, 11) is 0. The van der Waals surface area contributed by atoms with Gasteiger partial charge in [-0.25, -0.2) is 14.6 Å². The Labute approximate surface area is 208 Å². The Bertz CT molecular complexity index is 1290. The Morgan fingerprint density at radius 3 is 2.64 bits per heavy atom. The molecule has 0 aromatic carbocycles. The van der Waals surface area contributed by atoms with Crippen LogP contribution in [0.4, 0.5) is 4.79 Å². The number of carbonyl (C=O) groups is 2. The number of pyridine rings is 1. The van der Waals surface area contributed by atoms with Gasteiger partial charge in [-0.1, -0.05) is 0 Å². The lowest BCUT2D eigenvalue weighted by atomic mass is 9.98. The third-order valence-corrected chi connectivity index (χ3v) is 7.90. The zero-order chi connectivity index (χ0) is 24.6. The molecule has 190 valence electrons. The van der Waals surface area contributed by atoms with E-state index in [9.17, 15) is 14.4 Å². The molecule has 3 N–H and O–H groups in total. The number of urea groups is 1. The highest BCUT2D eigenvalue weighted by Crippen LogP contribution is 2.33. The average molecular weight is 493 g/mol. The average Bonchev–Trinajstić information content (AvgIpc) is 3.45. The first-order chi connectivity index (χ1) is 17.6. The third-order valence-electron chi connectivity index (χ3n) is 7.90.